The van der Waals surface area contributed by atoms with Crippen molar-refractivity contribution in [1.29, 1.82) is 0 Å². The summed E-state index contributed by atoms with van der Waals surface area (Å²) >= 11 is 0. The number of carbonyl (C=O) groups excluding carboxylic acids is 1. The highest BCUT2D eigenvalue weighted by atomic mass is 16.5. The van der Waals surface area contributed by atoms with Crippen molar-refractivity contribution in [2.24, 2.45) is 23.2 Å². The molecule has 4 unspecified atom stereocenters. The van der Waals surface area contributed by atoms with Crippen LogP contribution in [0.25, 0.3) is 0 Å². The standard InChI is InChI=1S/C20H30O2/c1-14(2)15-6-8-17-16(12-15)7-9-18-19(17,3)10-5-11-20(18,4)22-13-21/h7,12-14,17-18H,5-6,8-11H2,1-4H3. The Morgan fingerprint density at radius 2 is 2.09 bits per heavy atom. The third-order valence-electron chi connectivity index (χ3n) is 6.84. The van der Waals surface area contributed by atoms with Gasteiger partial charge in [-0.2, -0.15) is 0 Å². The summed E-state index contributed by atoms with van der Waals surface area (Å²) in [6, 6.07) is 0. The molecule has 0 amide bonds. The molecule has 0 aromatic heterocycles. The van der Waals surface area contributed by atoms with E-state index in [-0.39, 0.29) is 11.0 Å². The van der Waals surface area contributed by atoms with Gasteiger partial charge in [-0.3, -0.25) is 4.79 Å². The van der Waals surface area contributed by atoms with E-state index in [1.54, 1.807) is 11.1 Å². The summed E-state index contributed by atoms with van der Waals surface area (Å²) in [7, 11) is 0. The number of ether oxygens (including phenoxy) is 1. The lowest BCUT2D eigenvalue weighted by Crippen LogP contribution is -2.54. The van der Waals surface area contributed by atoms with Crippen LogP contribution in [-0.4, -0.2) is 12.1 Å². The van der Waals surface area contributed by atoms with Crippen molar-refractivity contribution in [3.05, 3.63) is 23.3 Å². The molecule has 0 aromatic rings. The molecule has 22 heavy (non-hydrogen) atoms. The van der Waals surface area contributed by atoms with Crippen LogP contribution in [0.2, 0.25) is 0 Å². The second-order valence-corrected chi connectivity index (χ2v) is 8.34. The van der Waals surface area contributed by atoms with Gasteiger partial charge in [0.05, 0.1) is 0 Å². The first-order valence-electron chi connectivity index (χ1n) is 8.93. The Morgan fingerprint density at radius 1 is 1.32 bits per heavy atom. The van der Waals surface area contributed by atoms with Gasteiger partial charge < -0.3 is 4.74 Å². The number of carbonyl (C=O) groups is 1. The van der Waals surface area contributed by atoms with Gasteiger partial charge in [0, 0.05) is 5.92 Å². The van der Waals surface area contributed by atoms with Gasteiger partial charge in [0.25, 0.3) is 6.47 Å². The molecule has 3 rings (SSSR count). The molecule has 3 aliphatic rings. The van der Waals surface area contributed by atoms with Crippen LogP contribution in [-0.2, 0) is 9.53 Å². The van der Waals surface area contributed by atoms with Crippen molar-refractivity contribution in [2.45, 2.75) is 71.8 Å². The summed E-state index contributed by atoms with van der Waals surface area (Å²) in [5.74, 6) is 1.76. The van der Waals surface area contributed by atoms with E-state index in [2.05, 4.69) is 39.8 Å². The predicted octanol–water partition coefficient (Wildman–Crippen LogP) is 5.05. The zero-order valence-corrected chi connectivity index (χ0v) is 14.5. The molecule has 1 fully saturated rings. The molecule has 2 heteroatoms. The number of hydrogen-bond donors (Lipinski definition) is 0. The summed E-state index contributed by atoms with van der Waals surface area (Å²) in [6.45, 7) is 9.88. The first kappa shape index (κ1) is 15.8. The van der Waals surface area contributed by atoms with E-state index in [1.165, 1.54) is 25.7 Å². The van der Waals surface area contributed by atoms with Crippen molar-refractivity contribution in [3.8, 4) is 0 Å². The highest BCUT2D eigenvalue weighted by Crippen LogP contribution is 2.60. The third kappa shape index (κ3) is 2.35. The van der Waals surface area contributed by atoms with Crippen LogP contribution in [0.1, 0.15) is 66.2 Å². The molecule has 3 aliphatic carbocycles. The van der Waals surface area contributed by atoms with Gasteiger partial charge >= 0.3 is 0 Å². The van der Waals surface area contributed by atoms with Crippen molar-refractivity contribution >= 4 is 6.47 Å². The molecule has 0 bridgehead atoms. The minimum Gasteiger partial charge on any atom is -0.461 e. The number of rotatable bonds is 3. The second kappa shape index (κ2) is 5.54. The maximum absolute atomic E-state index is 11.0. The third-order valence-corrected chi connectivity index (χ3v) is 6.84. The summed E-state index contributed by atoms with van der Waals surface area (Å²) in [4.78, 5) is 11.0. The molecule has 0 radical (unpaired) electrons. The van der Waals surface area contributed by atoms with Crippen molar-refractivity contribution in [3.63, 3.8) is 0 Å². The Kier molecular flexibility index (Phi) is 3.99. The largest absolute Gasteiger partial charge is 0.461 e. The van der Waals surface area contributed by atoms with E-state index < -0.39 is 0 Å². The first-order chi connectivity index (χ1) is 10.4. The molecule has 1 saturated carbocycles. The molecular formula is C20H30O2. The molecule has 4 atom stereocenters. The van der Waals surface area contributed by atoms with E-state index in [9.17, 15) is 4.79 Å². The fraction of sp³-hybridized carbons (Fsp3) is 0.750. The van der Waals surface area contributed by atoms with Crippen LogP contribution in [0.4, 0.5) is 0 Å². The van der Waals surface area contributed by atoms with Crippen LogP contribution in [0.15, 0.2) is 23.3 Å². The molecule has 0 N–H and O–H groups in total. The summed E-state index contributed by atoms with van der Waals surface area (Å²) < 4.78 is 5.62. The lowest BCUT2D eigenvalue weighted by atomic mass is 9.50. The molecule has 0 aliphatic heterocycles. The van der Waals surface area contributed by atoms with Crippen LogP contribution in [0.5, 0.6) is 0 Å². The minimum atomic E-state index is -0.279. The molecule has 122 valence electrons. The highest BCUT2D eigenvalue weighted by molar-refractivity contribution is 5.40. The van der Waals surface area contributed by atoms with E-state index in [0.717, 1.165) is 12.8 Å². The summed E-state index contributed by atoms with van der Waals surface area (Å²) in [5, 5.41) is 0. The monoisotopic (exact) mass is 302 g/mol. The molecular weight excluding hydrogens is 272 g/mol. The fourth-order valence-corrected chi connectivity index (χ4v) is 5.54. The first-order valence-corrected chi connectivity index (χ1v) is 8.93. The smallest absolute Gasteiger partial charge is 0.293 e. The van der Waals surface area contributed by atoms with Gasteiger partial charge in [-0.1, -0.05) is 38.5 Å². The Morgan fingerprint density at radius 3 is 2.77 bits per heavy atom. The Labute approximate surface area is 135 Å². The quantitative estimate of drug-likeness (QED) is 0.682. The van der Waals surface area contributed by atoms with Gasteiger partial charge in [0.2, 0.25) is 0 Å². The second-order valence-electron chi connectivity index (χ2n) is 8.34. The van der Waals surface area contributed by atoms with Gasteiger partial charge in [-0.15, -0.1) is 0 Å². The van der Waals surface area contributed by atoms with Crippen LogP contribution < -0.4 is 0 Å². The molecule has 0 spiro atoms. The van der Waals surface area contributed by atoms with Gasteiger partial charge in [-0.25, -0.2) is 0 Å². The maximum atomic E-state index is 11.0. The lowest BCUT2D eigenvalue weighted by Gasteiger charge is -2.57. The average molecular weight is 302 g/mol. The number of fused-ring (bicyclic) bond motifs is 3. The van der Waals surface area contributed by atoms with Gasteiger partial charge in [-0.05, 0) is 68.3 Å². The lowest BCUT2D eigenvalue weighted by molar-refractivity contribution is -0.168. The maximum Gasteiger partial charge on any atom is 0.293 e. The number of hydrogen-bond acceptors (Lipinski definition) is 2. The topological polar surface area (TPSA) is 26.3 Å². The molecule has 2 nitrogen and oxygen atoms in total. The van der Waals surface area contributed by atoms with E-state index >= 15 is 0 Å². The zero-order valence-electron chi connectivity index (χ0n) is 14.5. The van der Waals surface area contributed by atoms with Crippen molar-refractivity contribution in [2.75, 3.05) is 0 Å². The normalized spacial score (nSPS) is 41.1. The van der Waals surface area contributed by atoms with E-state index in [1.807, 2.05) is 0 Å². The summed E-state index contributed by atoms with van der Waals surface area (Å²) in [5.41, 5.74) is 3.16. The Bertz CT molecular complexity index is 516. The van der Waals surface area contributed by atoms with E-state index in [0.29, 0.717) is 24.2 Å². The number of allylic oxidation sites excluding steroid dienone is 4. The Balaban J connectivity index is 1.96. The summed E-state index contributed by atoms with van der Waals surface area (Å²) in [6.07, 6.45) is 11.9. The molecule has 0 saturated heterocycles. The van der Waals surface area contributed by atoms with E-state index in [4.69, 9.17) is 4.74 Å². The average Bonchev–Trinajstić information content (AvgIpc) is 2.46. The molecule has 0 aromatic carbocycles. The van der Waals surface area contributed by atoms with Crippen molar-refractivity contribution < 1.29 is 9.53 Å². The van der Waals surface area contributed by atoms with Crippen molar-refractivity contribution in [1.82, 2.24) is 0 Å². The zero-order chi connectivity index (χ0) is 16.0. The van der Waals surface area contributed by atoms with Gasteiger partial charge in [0.1, 0.15) is 5.60 Å². The fourth-order valence-electron chi connectivity index (χ4n) is 5.54. The SMILES string of the molecule is CC(C)C1=CC2=CCC3C(C)(OC=O)CCCC3(C)C2CC1. The van der Waals surface area contributed by atoms with Crippen LogP contribution in [0, 0.1) is 23.2 Å². The minimum absolute atomic E-state index is 0.277. The molecule has 0 heterocycles. The Hall–Kier alpha value is -1.05. The van der Waals surface area contributed by atoms with Crippen LogP contribution >= 0.6 is 0 Å². The van der Waals surface area contributed by atoms with Gasteiger partial charge in [0.15, 0.2) is 0 Å². The highest BCUT2D eigenvalue weighted by Gasteiger charge is 2.55. The predicted molar refractivity (Wildman–Crippen MR) is 89.3 cm³/mol. The van der Waals surface area contributed by atoms with Crippen LogP contribution in [0.3, 0.4) is 0 Å².